The van der Waals surface area contributed by atoms with Crippen molar-refractivity contribution >= 4 is 67.8 Å². The maximum atomic E-state index is 12.9. The smallest absolute Gasteiger partial charge is 0.358 e. The number of hydrazine groups is 1. The van der Waals surface area contributed by atoms with Gasteiger partial charge in [0.1, 0.15) is 12.1 Å². The van der Waals surface area contributed by atoms with Crippen molar-refractivity contribution in [1.29, 1.82) is 0 Å². The fourth-order valence-corrected chi connectivity index (χ4v) is 5.01. The van der Waals surface area contributed by atoms with E-state index in [-0.39, 0.29) is 11.5 Å². The highest BCUT2D eigenvalue weighted by molar-refractivity contribution is 9.10. The highest BCUT2D eigenvalue weighted by Crippen LogP contribution is 2.37. The van der Waals surface area contributed by atoms with Gasteiger partial charge in [-0.1, -0.05) is 47.1 Å². The summed E-state index contributed by atoms with van der Waals surface area (Å²) in [5.74, 6) is -0.376. The van der Waals surface area contributed by atoms with Gasteiger partial charge >= 0.3 is 5.97 Å². The van der Waals surface area contributed by atoms with Crippen LogP contribution in [0.1, 0.15) is 46.2 Å². The van der Waals surface area contributed by atoms with Crippen LogP contribution in [0.2, 0.25) is 0 Å². The Morgan fingerprint density at radius 1 is 0.929 bits per heavy atom. The lowest BCUT2D eigenvalue weighted by molar-refractivity contribution is 0.0137. The lowest BCUT2D eigenvalue weighted by Crippen LogP contribution is -2.38. The van der Waals surface area contributed by atoms with E-state index < -0.39 is 11.9 Å². The van der Waals surface area contributed by atoms with E-state index in [0.29, 0.717) is 28.4 Å². The van der Waals surface area contributed by atoms with E-state index in [2.05, 4.69) is 61.1 Å². The third kappa shape index (κ3) is 7.03. The van der Waals surface area contributed by atoms with E-state index in [9.17, 15) is 9.59 Å². The second-order valence-corrected chi connectivity index (χ2v) is 11.5. The number of pyridine rings is 1. The van der Waals surface area contributed by atoms with Crippen LogP contribution in [0.5, 0.6) is 0 Å². The summed E-state index contributed by atoms with van der Waals surface area (Å²) in [5.41, 5.74) is 13.8. The van der Waals surface area contributed by atoms with Gasteiger partial charge < -0.3 is 15.9 Å². The molecule has 2 heterocycles. The molecule has 0 aliphatic rings. The number of aromatic nitrogens is 3. The summed E-state index contributed by atoms with van der Waals surface area (Å²) in [5, 5.41) is 4.09. The molecule has 0 aliphatic carbocycles. The summed E-state index contributed by atoms with van der Waals surface area (Å²) in [6.45, 7) is 4.14. The van der Waals surface area contributed by atoms with Gasteiger partial charge in [-0.2, -0.15) is 0 Å². The molecule has 0 atom stereocenters. The molecule has 0 aliphatic heterocycles. The van der Waals surface area contributed by atoms with E-state index >= 15 is 0 Å². The molecule has 5 aromatic rings. The Bertz CT molecular complexity index is 1750. The van der Waals surface area contributed by atoms with Gasteiger partial charge in [0.15, 0.2) is 5.65 Å². The monoisotopic (exact) mass is 643 g/mol. The molecule has 1 amide bonds. The zero-order valence-corrected chi connectivity index (χ0v) is 25.0. The predicted molar refractivity (Wildman–Crippen MR) is 166 cm³/mol. The highest BCUT2D eigenvalue weighted by Gasteiger charge is 2.16. The minimum absolute atomic E-state index is 0.239. The number of nitrogens with one attached hydrogen (secondary N) is 3. The van der Waals surface area contributed by atoms with Crippen molar-refractivity contribution in [3.8, 4) is 0 Å². The summed E-state index contributed by atoms with van der Waals surface area (Å²) >= 11 is 4.82. The van der Waals surface area contributed by atoms with Crippen LogP contribution in [0.15, 0.2) is 99.5 Å². The van der Waals surface area contributed by atoms with Crippen LogP contribution >= 0.6 is 27.7 Å². The van der Waals surface area contributed by atoms with Gasteiger partial charge in [0.25, 0.3) is 5.91 Å². The zero-order valence-electron chi connectivity index (χ0n) is 22.6. The zero-order chi connectivity index (χ0) is 29.6. The number of nitrogen functional groups attached to an aromatic ring is 1. The molecule has 0 unspecified atom stereocenters. The van der Waals surface area contributed by atoms with Crippen molar-refractivity contribution in [3.63, 3.8) is 0 Å². The van der Waals surface area contributed by atoms with Crippen LogP contribution in [0, 0.1) is 0 Å². The minimum Gasteiger partial charge on any atom is -0.399 e. The number of carbonyl (C=O) groups is 2. The number of fused-ring (bicyclic) bond motifs is 1. The molecule has 0 saturated carbocycles. The molecule has 212 valence electrons. The molecule has 0 fully saturated rings. The Labute approximate surface area is 254 Å². The first-order chi connectivity index (χ1) is 20.3. The van der Waals surface area contributed by atoms with E-state index in [4.69, 9.17) is 10.6 Å². The van der Waals surface area contributed by atoms with Gasteiger partial charge in [-0.15, -0.1) is 0 Å². The van der Waals surface area contributed by atoms with E-state index in [1.165, 1.54) is 18.1 Å². The molecule has 42 heavy (non-hydrogen) atoms. The average molecular weight is 645 g/mol. The second kappa shape index (κ2) is 13.0. The molecular weight excluding hydrogens is 618 g/mol. The first-order valence-electron chi connectivity index (χ1n) is 12.8. The molecule has 0 bridgehead atoms. The molecule has 12 heteroatoms. The molecule has 0 radical (unpaired) electrons. The van der Waals surface area contributed by atoms with Gasteiger partial charge in [0.05, 0.1) is 16.6 Å². The van der Waals surface area contributed by atoms with Crippen molar-refractivity contribution in [2.45, 2.75) is 29.6 Å². The highest BCUT2D eigenvalue weighted by atomic mass is 79.9. The molecule has 0 saturated heterocycles. The van der Waals surface area contributed by atoms with Crippen LogP contribution < -0.4 is 22.1 Å². The van der Waals surface area contributed by atoms with Crippen LogP contribution in [0.3, 0.4) is 0 Å². The number of carbonyl (C=O) groups excluding carboxylic acids is 2. The van der Waals surface area contributed by atoms with Gasteiger partial charge in [-0.3, -0.25) is 10.2 Å². The summed E-state index contributed by atoms with van der Waals surface area (Å²) in [6, 6.07) is 23.2. The summed E-state index contributed by atoms with van der Waals surface area (Å²) in [7, 11) is 0. The van der Waals surface area contributed by atoms with Crippen molar-refractivity contribution in [2.24, 2.45) is 0 Å². The van der Waals surface area contributed by atoms with Gasteiger partial charge in [-0.25, -0.2) is 19.7 Å². The van der Waals surface area contributed by atoms with E-state index in [0.717, 1.165) is 25.3 Å². The number of hydrogen-bond acceptors (Lipinski definition) is 10. The van der Waals surface area contributed by atoms with Crippen LogP contribution in [-0.4, -0.2) is 26.8 Å². The minimum atomic E-state index is -0.700. The molecule has 5 rings (SSSR count). The number of amides is 1. The number of nitrogens with zero attached hydrogens (tertiary/aromatic N) is 3. The number of benzene rings is 3. The van der Waals surface area contributed by atoms with E-state index in [1.54, 1.807) is 42.5 Å². The fourth-order valence-electron chi connectivity index (χ4n) is 3.86. The standard InChI is InChI=1S/C30H26BrN7O3S/c1-17(2)24-13-12-23-27(35-24)33-16-34-28(23)36-25-15-19(5-14-26(25)42-22-10-8-21(32)9-11-22)30(40)41-38-37-29(39)18-3-6-20(31)7-4-18/h3-17,38H,32H2,1-2H3,(H,37,39)(H,33,34,35,36). The number of anilines is 3. The molecule has 10 nitrogen and oxygen atoms in total. The van der Waals surface area contributed by atoms with Crippen molar-refractivity contribution in [1.82, 2.24) is 26.0 Å². The summed E-state index contributed by atoms with van der Waals surface area (Å²) < 4.78 is 0.840. The maximum Gasteiger partial charge on any atom is 0.358 e. The first-order valence-corrected chi connectivity index (χ1v) is 14.5. The van der Waals surface area contributed by atoms with Crippen LogP contribution in [0.25, 0.3) is 11.0 Å². The normalized spacial score (nSPS) is 11.0. The molecule has 2 aromatic heterocycles. The van der Waals surface area contributed by atoms with Gasteiger partial charge in [-0.05, 0) is 84.8 Å². The molecule has 3 aromatic carbocycles. The van der Waals surface area contributed by atoms with E-state index in [1.807, 2.05) is 36.4 Å². The maximum absolute atomic E-state index is 12.9. The Morgan fingerprint density at radius 3 is 2.40 bits per heavy atom. The van der Waals surface area contributed by atoms with Crippen molar-refractivity contribution < 1.29 is 14.4 Å². The SMILES string of the molecule is CC(C)c1ccc2c(Nc3cc(C(=O)ONNC(=O)c4ccc(Br)cc4)ccc3Sc3ccc(N)cc3)ncnc2n1. The van der Waals surface area contributed by atoms with Gasteiger partial charge in [0, 0.05) is 31.2 Å². The Kier molecular flexibility index (Phi) is 8.96. The number of nitrogens with two attached hydrogens (primary N) is 1. The summed E-state index contributed by atoms with van der Waals surface area (Å²) in [4.78, 5) is 45.6. The number of hydrogen-bond donors (Lipinski definition) is 4. The molecule has 0 spiro atoms. The average Bonchev–Trinajstić information content (AvgIpc) is 2.99. The predicted octanol–water partition coefficient (Wildman–Crippen LogP) is 6.39. The summed E-state index contributed by atoms with van der Waals surface area (Å²) in [6.07, 6.45) is 1.45. The number of rotatable bonds is 9. The third-order valence-corrected chi connectivity index (χ3v) is 7.71. The quantitative estimate of drug-likeness (QED) is 0.105. The Morgan fingerprint density at radius 2 is 1.67 bits per heavy atom. The lowest BCUT2D eigenvalue weighted by Gasteiger charge is -2.15. The second-order valence-electron chi connectivity index (χ2n) is 9.44. The fraction of sp³-hybridized carbons (Fsp3) is 0.100. The Hall–Kier alpha value is -4.52. The largest absolute Gasteiger partial charge is 0.399 e. The third-order valence-electron chi connectivity index (χ3n) is 6.10. The lowest BCUT2D eigenvalue weighted by atomic mass is 10.1. The van der Waals surface area contributed by atoms with Crippen molar-refractivity contribution in [2.75, 3.05) is 11.1 Å². The van der Waals surface area contributed by atoms with Crippen molar-refractivity contribution in [3.05, 3.63) is 106 Å². The van der Waals surface area contributed by atoms with Crippen LogP contribution in [-0.2, 0) is 4.84 Å². The number of halogens is 1. The van der Waals surface area contributed by atoms with Gasteiger partial charge in [0.2, 0.25) is 0 Å². The topological polar surface area (TPSA) is 144 Å². The molecule has 5 N–H and O–H groups in total. The molecular formula is C30H26BrN7O3S. The first kappa shape index (κ1) is 29.0. The Balaban J connectivity index is 1.39. The van der Waals surface area contributed by atoms with Crippen LogP contribution in [0.4, 0.5) is 17.2 Å².